The lowest BCUT2D eigenvalue weighted by molar-refractivity contribution is -0.139. The zero-order valence-corrected chi connectivity index (χ0v) is 16.9. The number of carbonyl (C=O) groups is 2. The van der Waals surface area contributed by atoms with Crippen LogP contribution in [0.15, 0.2) is 10.6 Å². The first kappa shape index (κ1) is 20.3. The molecular weight excluding hydrogens is 360 g/mol. The summed E-state index contributed by atoms with van der Waals surface area (Å²) < 4.78 is 5.38. The summed E-state index contributed by atoms with van der Waals surface area (Å²) in [4.78, 5) is 32.5. The molecule has 1 aliphatic heterocycles. The molecule has 8 nitrogen and oxygen atoms in total. The van der Waals surface area contributed by atoms with Gasteiger partial charge in [-0.25, -0.2) is 4.98 Å². The number of carbonyl (C=O) groups excluding carboxylic acids is 1. The summed E-state index contributed by atoms with van der Waals surface area (Å²) in [6.45, 7) is 9.76. The molecule has 0 bridgehead atoms. The van der Waals surface area contributed by atoms with Gasteiger partial charge >= 0.3 is 5.97 Å². The third-order valence-electron chi connectivity index (χ3n) is 5.39. The molecule has 3 heterocycles. The molecule has 8 heteroatoms. The molecule has 1 saturated heterocycles. The number of aryl methyl sites for hydroxylation is 1. The van der Waals surface area contributed by atoms with Crippen molar-refractivity contribution >= 4 is 23.0 Å². The van der Waals surface area contributed by atoms with Gasteiger partial charge in [0.2, 0.25) is 0 Å². The number of pyridine rings is 1. The van der Waals surface area contributed by atoms with E-state index in [9.17, 15) is 9.59 Å². The molecule has 1 aliphatic rings. The molecule has 0 saturated carbocycles. The van der Waals surface area contributed by atoms with Gasteiger partial charge in [0.15, 0.2) is 0 Å². The van der Waals surface area contributed by atoms with Crippen molar-refractivity contribution < 1.29 is 19.2 Å². The summed E-state index contributed by atoms with van der Waals surface area (Å²) in [5.41, 5.74) is 2.46. The van der Waals surface area contributed by atoms with Gasteiger partial charge in [0, 0.05) is 24.8 Å². The topological polar surface area (TPSA) is 99.8 Å². The predicted octanol–water partition coefficient (Wildman–Crippen LogP) is 2.67. The minimum atomic E-state index is -0.816. The number of hydrogen-bond donors (Lipinski definition) is 1. The van der Waals surface area contributed by atoms with Gasteiger partial charge in [-0.05, 0) is 38.3 Å². The monoisotopic (exact) mass is 388 g/mol. The Balaban J connectivity index is 1.80. The molecule has 0 aromatic carbocycles. The van der Waals surface area contributed by atoms with Gasteiger partial charge in [0.25, 0.3) is 11.6 Å². The van der Waals surface area contributed by atoms with Crippen LogP contribution in [0.1, 0.15) is 61.3 Å². The number of rotatable bonds is 6. The summed E-state index contributed by atoms with van der Waals surface area (Å²) in [6.07, 6.45) is 1.53. The molecule has 2 aromatic heterocycles. The Bertz CT molecular complexity index is 868. The average Bonchev–Trinajstić information content (AvgIpc) is 3.09. The van der Waals surface area contributed by atoms with Gasteiger partial charge in [-0.2, -0.15) is 0 Å². The first-order chi connectivity index (χ1) is 13.3. The summed E-state index contributed by atoms with van der Waals surface area (Å²) in [7, 11) is 0. The number of amides is 1. The standard InChI is InChI=1S/C20H28N4O4/c1-5-23(11-16(25)26)14-6-8-24(9-7-14)20(27)15-10-13(4)21-19-17(15)18(12(2)3)22-28-19/h10,12,14H,5-9,11H2,1-4H3,(H,25,26). The second-order valence-electron chi connectivity index (χ2n) is 7.69. The third-order valence-corrected chi connectivity index (χ3v) is 5.39. The number of nitrogens with zero attached hydrogens (tertiary/aromatic N) is 4. The lowest BCUT2D eigenvalue weighted by Crippen LogP contribution is -2.48. The minimum absolute atomic E-state index is 0.0394. The fourth-order valence-electron chi connectivity index (χ4n) is 3.94. The highest BCUT2D eigenvalue weighted by molar-refractivity contribution is 6.06. The molecule has 0 radical (unpaired) electrons. The number of likely N-dealkylation sites (tertiary alicyclic amines) is 1. The van der Waals surface area contributed by atoms with E-state index in [-0.39, 0.29) is 24.4 Å². The summed E-state index contributed by atoms with van der Waals surface area (Å²) >= 11 is 0. The highest BCUT2D eigenvalue weighted by atomic mass is 16.5. The van der Waals surface area contributed by atoms with Gasteiger partial charge in [0.1, 0.15) is 0 Å². The summed E-state index contributed by atoms with van der Waals surface area (Å²) in [5, 5.41) is 13.9. The van der Waals surface area contributed by atoms with Crippen LogP contribution in [-0.4, -0.2) is 69.1 Å². The summed E-state index contributed by atoms with van der Waals surface area (Å²) in [5.74, 6) is -0.735. The van der Waals surface area contributed by atoms with Crippen molar-refractivity contribution in [3.8, 4) is 0 Å². The molecule has 2 aromatic rings. The van der Waals surface area contributed by atoms with E-state index in [2.05, 4.69) is 10.1 Å². The van der Waals surface area contributed by atoms with Crippen LogP contribution >= 0.6 is 0 Å². The van der Waals surface area contributed by atoms with E-state index in [0.717, 1.165) is 24.2 Å². The molecule has 152 valence electrons. The Morgan fingerprint density at radius 1 is 1.36 bits per heavy atom. The molecule has 1 amide bonds. The van der Waals surface area contributed by atoms with Crippen LogP contribution in [0.3, 0.4) is 0 Å². The lowest BCUT2D eigenvalue weighted by atomic mass is 9.99. The van der Waals surface area contributed by atoms with E-state index in [4.69, 9.17) is 9.63 Å². The van der Waals surface area contributed by atoms with Crippen LogP contribution in [0.5, 0.6) is 0 Å². The van der Waals surface area contributed by atoms with Crippen molar-refractivity contribution in [2.24, 2.45) is 0 Å². The van der Waals surface area contributed by atoms with Gasteiger partial charge < -0.3 is 14.5 Å². The SMILES string of the molecule is CCN(CC(=O)O)C1CCN(C(=O)c2cc(C)nc3onc(C(C)C)c23)CC1. The maximum absolute atomic E-state index is 13.3. The molecule has 3 rings (SSSR count). The smallest absolute Gasteiger partial charge is 0.317 e. The van der Waals surface area contributed by atoms with Crippen LogP contribution in [0.4, 0.5) is 0 Å². The molecule has 0 spiro atoms. The van der Waals surface area contributed by atoms with Gasteiger partial charge in [-0.3, -0.25) is 14.5 Å². The molecule has 0 atom stereocenters. The minimum Gasteiger partial charge on any atom is -0.480 e. The van der Waals surface area contributed by atoms with Crippen molar-refractivity contribution in [3.05, 3.63) is 23.0 Å². The Hall–Kier alpha value is -2.48. The van der Waals surface area contributed by atoms with Crippen molar-refractivity contribution in [2.75, 3.05) is 26.2 Å². The molecule has 0 aliphatic carbocycles. The Kier molecular flexibility index (Phi) is 5.98. The largest absolute Gasteiger partial charge is 0.480 e. The van der Waals surface area contributed by atoms with E-state index in [1.165, 1.54) is 0 Å². The molecule has 1 N–H and O–H groups in total. The van der Waals surface area contributed by atoms with Crippen molar-refractivity contribution in [2.45, 2.75) is 52.5 Å². The van der Waals surface area contributed by atoms with E-state index < -0.39 is 5.97 Å². The average molecular weight is 388 g/mol. The number of fused-ring (bicyclic) bond motifs is 1. The number of likely N-dealkylation sites (N-methyl/N-ethyl adjacent to an activating group) is 1. The number of carboxylic acids is 1. The maximum atomic E-state index is 13.3. The van der Waals surface area contributed by atoms with E-state index in [1.54, 1.807) is 0 Å². The first-order valence-corrected chi connectivity index (χ1v) is 9.83. The Labute approximate surface area is 164 Å². The molecular formula is C20H28N4O4. The van der Waals surface area contributed by atoms with E-state index >= 15 is 0 Å². The van der Waals surface area contributed by atoms with Crippen molar-refractivity contribution in [3.63, 3.8) is 0 Å². The molecule has 1 fully saturated rings. The van der Waals surface area contributed by atoms with Gasteiger partial charge in [0.05, 0.1) is 23.2 Å². The third kappa shape index (κ3) is 4.01. The van der Waals surface area contributed by atoms with Crippen LogP contribution in [0, 0.1) is 6.92 Å². The van der Waals surface area contributed by atoms with E-state index in [1.807, 2.05) is 43.6 Å². The normalized spacial score (nSPS) is 15.7. The highest BCUT2D eigenvalue weighted by Gasteiger charge is 2.30. The zero-order chi connectivity index (χ0) is 20.4. The van der Waals surface area contributed by atoms with Crippen LogP contribution in [0.2, 0.25) is 0 Å². The van der Waals surface area contributed by atoms with Crippen molar-refractivity contribution in [1.82, 2.24) is 19.9 Å². The number of hydrogen-bond acceptors (Lipinski definition) is 6. The van der Waals surface area contributed by atoms with E-state index in [0.29, 0.717) is 36.3 Å². The zero-order valence-electron chi connectivity index (χ0n) is 16.9. The lowest BCUT2D eigenvalue weighted by Gasteiger charge is -2.37. The Morgan fingerprint density at radius 3 is 2.61 bits per heavy atom. The predicted molar refractivity (Wildman–Crippen MR) is 104 cm³/mol. The number of carboxylic acid groups (broad SMARTS) is 1. The Morgan fingerprint density at radius 2 is 2.04 bits per heavy atom. The number of aliphatic carboxylic acids is 1. The fraction of sp³-hybridized carbons (Fsp3) is 0.600. The molecule has 0 unspecified atom stereocenters. The second-order valence-corrected chi connectivity index (χ2v) is 7.69. The maximum Gasteiger partial charge on any atom is 0.317 e. The highest BCUT2D eigenvalue weighted by Crippen LogP contribution is 2.29. The summed E-state index contributed by atoms with van der Waals surface area (Å²) in [6, 6.07) is 1.99. The van der Waals surface area contributed by atoms with Crippen LogP contribution < -0.4 is 0 Å². The molecule has 28 heavy (non-hydrogen) atoms. The van der Waals surface area contributed by atoms with Crippen molar-refractivity contribution in [1.29, 1.82) is 0 Å². The van der Waals surface area contributed by atoms with Gasteiger partial charge in [-0.15, -0.1) is 0 Å². The number of aromatic nitrogens is 2. The number of piperidine rings is 1. The fourth-order valence-corrected chi connectivity index (χ4v) is 3.94. The second kappa shape index (κ2) is 8.26. The quantitative estimate of drug-likeness (QED) is 0.812. The van der Waals surface area contributed by atoms with Crippen LogP contribution in [-0.2, 0) is 4.79 Å². The first-order valence-electron chi connectivity index (χ1n) is 9.83. The van der Waals surface area contributed by atoms with Crippen LogP contribution in [0.25, 0.3) is 11.1 Å². The van der Waals surface area contributed by atoms with Gasteiger partial charge in [-0.1, -0.05) is 25.9 Å².